The lowest BCUT2D eigenvalue weighted by Gasteiger charge is -2.32. The van der Waals surface area contributed by atoms with Crippen LogP contribution in [0.2, 0.25) is 0 Å². The van der Waals surface area contributed by atoms with Crippen molar-refractivity contribution < 1.29 is 5.11 Å². The topological polar surface area (TPSA) is 50.1 Å². The summed E-state index contributed by atoms with van der Waals surface area (Å²) in [6.07, 6.45) is 9.88. The molecule has 2 fully saturated rings. The molecule has 1 atom stereocenters. The molecule has 4 heteroatoms. The molecule has 4 nitrogen and oxygen atoms in total. The normalized spacial score (nSPS) is 29.8. The first-order valence-electron chi connectivity index (χ1n) is 7.22. The molecule has 1 aromatic rings. The van der Waals surface area contributed by atoms with Crippen LogP contribution in [0, 0.1) is 0 Å². The zero-order valence-electron chi connectivity index (χ0n) is 10.9. The van der Waals surface area contributed by atoms with Crippen molar-refractivity contribution in [2.24, 2.45) is 0 Å². The predicted octanol–water partition coefficient (Wildman–Crippen LogP) is 1.66. The summed E-state index contributed by atoms with van der Waals surface area (Å²) in [5.74, 6) is 0. The molecule has 0 spiro atoms. The van der Waals surface area contributed by atoms with E-state index >= 15 is 0 Å². The molecule has 1 saturated heterocycles. The molecule has 2 N–H and O–H groups in total. The van der Waals surface area contributed by atoms with Crippen LogP contribution in [-0.4, -0.2) is 33.6 Å². The Morgan fingerprint density at radius 2 is 2.22 bits per heavy atom. The van der Waals surface area contributed by atoms with E-state index < -0.39 is 5.60 Å². The van der Waals surface area contributed by atoms with Crippen molar-refractivity contribution in [1.82, 2.24) is 15.1 Å². The maximum absolute atomic E-state index is 10.5. The van der Waals surface area contributed by atoms with Gasteiger partial charge in [0.1, 0.15) is 0 Å². The van der Waals surface area contributed by atoms with Gasteiger partial charge in [0.2, 0.25) is 0 Å². The molecule has 1 aliphatic heterocycles. The monoisotopic (exact) mass is 249 g/mol. The number of nitrogens with one attached hydrogen (secondary N) is 1. The van der Waals surface area contributed by atoms with Crippen molar-refractivity contribution in [1.29, 1.82) is 0 Å². The predicted molar refractivity (Wildman–Crippen MR) is 70.5 cm³/mol. The molecule has 3 rings (SSSR count). The van der Waals surface area contributed by atoms with Gasteiger partial charge < -0.3 is 10.4 Å². The van der Waals surface area contributed by atoms with Gasteiger partial charge in [-0.2, -0.15) is 5.10 Å². The molecule has 2 aliphatic rings. The molecular formula is C14H23N3O. The van der Waals surface area contributed by atoms with Crippen molar-refractivity contribution in [3.63, 3.8) is 0 Å². The Kier molecular flexibility index (Phi) is 3.39. The first kappa shape index (κ1) is 12.2. The molecule has 2 heterocycles. The lowest BCUT2D eigenvalue weighted by molar-refractivity contribution is 0.0159. The van der Waals surface area contributed by atoms with Crippen molar-refractivity contribution in [3.05, 3.63) is 18.0 Å². The molecule has 18 heavy (non-hydrogen) atoms. The fraction of sp³-hybridized carbons (Fsp3) is 0.786. The number of hydrogen-bond donors (Lipinski definition) is 2. The Morgan fingerprint density at radius 1 is 1.39 bits per heavy atom. The van der Waals surface area contributed by atoms with Gasteiger partial charge in [-0.1, -0.05) is 12.8 Å². The Labute approximate surface area is 108 Å². The molecule has 0 radical (unpaired) electrons. The zero-order chi connectivity index (χ0) is 12.4. The molecule has 100 valence electrons. The Hall–Kier alpha value is -0.870. The Balaban J connectivity index is 1.65. The summed E-state index contributed by atoms with van der Waals surface area (Å²) in [5, 5.41) is 18.4. The molecule has 1 unspecified atom stereocenters. The molecular weight excluding hydrogens is 226 g/mol. The summed E-state index contributed by atoms with van der Waals surface area (Å²) in [6, 6.07) is 2.67. The van der Waals surface area contributed by atoms with Crippen LogP contribution in [0.1, 0.15) is 50.3 Å². The van der Waals surface area contributed by atoms with Crippen LogP contribution in [-0.2, 0) is 6.42 Å². The highest BCUT2D eigenvalue weighted by Crippen LogP contribution is 2.29. The summed E-state index contributed by atoms with van der Waals surface area (Å²) in [5.41, 5.74) is 0.445. The van der Waals surface area contributed by atoms with Gasteiger partial charge in [0.05, 0.1) is 17.3 Å². The summed E-state index contributed by atoms with van der Waals surface area (Å²) < 4.78 is 2.11. The second-order valence-electron chi connectivity index (χ2n) is 5.91. The first-order chi connectivity index (χ1) is 8.75. The number of β-amino-alcohol motifs (C(OH)–C–C–N with tert-alkyl or cyclic N) is 1. The molecule has 1 saturated carbocycles. The number of aliphatic hydroxyl groups is 1. The van der Waals surface area contributed by atoms with Crippen LogP contribution in [0.15, 0.2) is 12.3 Å². The number of rotatable bonds is 3. The van der Waals surface area contributed by atoms with Gasteiger partial charge in [-0.3, -0.25) is 4.68 Å². The number of nitrogens with zero attached hydrogens (tertiary/aromatic N) is 2. The maximum atomic E-state index is 10.5. The van der Waals surface area contributed by atoms with Gasteiger partial charge in [-0.15, -0.1) is 0 Å². The highest BCUT2D eigenvalue weighted by molar-refractivity contribution is 5.06. The van der Waals surface area contributed by atoms with E-state index in [-0.39, 0.29) is 0 Å². The highest BCUT2D eigenvalue weighted by atomic mass is 16.3. The second kappa shape index (κ2) is 5.02. The van der Waals surface area contributed by atoms with Crippen LogP contribution in [0.25, 0.3) is 0 Å². The number of piperidine rings is 1. The van der Waals surface area contributed by atoms with Crippen LogP contribution in [0.5, 0.6) is 0 Å². The van der Waals surface area contributed by atoms with Gasteiger partial charge in [0, 0.05) is 19.2 Å². The zero-order valence-corrected chi connectivity index (χ0v) is 10.9. The van der Waals surface area contributed by atoms with Crippen LogP contribution < -0.4 is 5.32 Å². The molecule has 0 aromatic carbocycles. The van der Waals surface area contributed by atoms with Gasteiger partial charge >= 0.3 is 0 Å². The van der Waals surface area contributed by atoms with Gasteiger partial charge in [0.25, 0.3) is 0 Å². The van der Waals surface area contributed by atoms with E-state index in [9.17, 15) is 5.11 Å². The summed E-state index contributed by atoms with van der Waals surface area (Å²) in [4.78, 5) is 0. The summed E-state index contributed by atoms with van der Waals surface area (Å²) in [6.45, 7) is 1.72. The fourth-order valence-corrected chi connectivity index (χ4v) is 3.28. The largest absolute Gasteiger partial charge is 0.388 e. The minimum Gasteiger partial charge on any atom is -0.388 e. The van der Waals surface area contributed by atoms with Crippen molar-refractivity contribution in [3.8, 4) is 0 Å². The summed E-state index contributed by atoms with van der Waals surface area (Å²) >= 11 is 0. The molecule has 0 bridgehead atoms. The van der Waals surface area contributed by atoms with Crippen LogP contribution in [0.3, 0.4) is 0 Å². The number of hydrogen-bond acceptors (Lipinski definition) is 3. The van der Waals surface area contributed by atoms with E-state index in [4.69, 9.17) is 0 Å². The smallest absolute Gasteiger partial charge is 0.0827 e. The van der Waals surface area contributed by atoms with Gasteiger partial charge in [-0.25, -0.2) is 0 Å². The van der Waals surface area contributed by atoms with E-state index in [1.54, 1.807) is 0 Å². The minimum absolute atomic E-state index is 0.590. The third kappa shape index (κ3) is 2.59. The number of aromatic nitrogens is 2. The van der Waals surface area contributed by atoms with Crippen molar-refractivity contribution >= 4 is 0 Å². The first-order valence-corrected chi connectivity index (χ1v) is 7.22. The minimum atomic E-state index is -0.590. The standard InChI is InChI=1S/C14H23N3O/c18-14(7-3-8-15-11-14)10-12-6-9-17(16-12)13-4-1-2-5-13/h6,9,13,15,18H,1-5,7-8,10-11H2. The maximum Gasteiger partial charge on any atom is 0.0827 e. The average Bonchev–Trinajstić information content (AvgIpc) is 2.99. The van der Waals surface area contributed by atoms with Gasteiger partial charge in [-0.05, 0) is 38.3 Å². The molecule has 1 aromatic heterocycles. The van der Waals surface area contributed by atoms with E-state index in [1.807, 2.05) is 0 Å². The lowest BCUT2D eigenvalue weighted by Crippen LogP contribution is -2.47. The van der Waals surface area contributed by atoms with E-state index in [1.165, 1.54) is 25.7 Å². The Bertz CT molecular complexity index is 389. The Morgan fingerprint density at radius 3 is 2.94 bits per heavy atom. The van der Waals surface area contributed by atoms with E-state index in [2.05, 4.69) is 27.4 Å². The third-order valence-corrected chi connectivity index (χ3v) is 4.32. The molecule has 1 aliphatic carbocycles. The van der Waals surface area contributed by atoms with Crippen LogP contribution in [0.4, 0.5) is 0 Å². The van der Waals surface area contributed by atoms with E-state index in [0.717, 1.165) is 25.1 Å². The fourth-order valence-electron chi connectivity index (χ4n) is 3.28. The van der Waals surface area contributed by atoms with E-state index in [0.29, 0.717) is 19.0 Å². The third-order valence-electron chi connectivity index (χ3n) is 4.32. The quantitative estimate of drug-likeness (QED) is 0.856. The lowest BCUT2D eigenvalue weighted by atomic mass is 9.89. The van der Waals surface area contributed by atoms with Crippen LogP contribution >= 0.6 is 0 Å². The second-order valence-corrected chi connectivity index (χ2v) is 5.91. The van der Waals surface area contributed by atoms with Gasteiger partial charge in [0.15, 0.2) is 0 Å². The SMILES string of the molecule is OC1(Cc2ccn(C3CCCC3)n2)CCCNC1. The molecule has 0 amide bonds. The van der Waals surface area contributed by atoms with Crippen molar-refractivity contribution in [2.45, 2.75) is 56.6 Å². The van der Waals surface area contributed by atoms with Crippen molar-refractivity contribution in [2.75, 3.05) is 13.1 Å². The highest BCUT2D eigenvalue weighted by Gasteiger charge is 2.30. The summed E-state index contributed by atoms with van der Waals surface area (Å²) in [7, 11) is 0. The average molecular weight is 249 g/mol.